The highest BCUT2D eigenvalue weighted by Gasteiger charge is 2.27. The van der Waals surface area contributed by atoms with Gasteiger partial charge in [0, 0.05) is 6.54 Å². The van der Waals surface area contributed by atoms with Crippen molar-refractivity contribution >= 4 is 5.97 Å². The van der Waals surface area contributed by atoms with Gasteiger partial charge in [0.15, 0.2) is 0 Å². The van der Waals surface area contributed by atoms with E-state index in [1.807, 2.05) is 0 Å². The van der Waals surface area contributed by atoms with E-state index < -0.39 is 18.8 Å². The monoisotopic (exact) mass is 229 g/mol. The third-order valence-electron chi connectivity index (χ3n) is 1.62. The third kappa shape index (κ3) is 9.48. The van der Waals surface area contributed by atoms with E-state index in [0.29, 0.717) is 6.54 Å². The normalized spacial score (nSPS) is 12.1. The summed E-state index contributed by atoms with van der Waals surface area (Å²) in [6.45, 7) is 0.761. The summed E-state index contributed by atoms with van der Waals surface area (Å²) in [5.41, 5.74) is 0. The molecule has 0 bridgehead atoms. The summed E-state index contributed by atoms with van der Waals surface area (Å²) in [4.78, 5) is 11.8. The number of carboxylic acids is 1. The molecule has 0 radical (unpaired) electrons. The van der Waals surface area contributed by atoms with Crippen LogP contribution >= 0.6 is 0 Å². The Hall–Kier alpha value is -0.820. The number of hydrogen-bond acceptors (Lipinski definition) is 3. The number of ether oxygens (including phenoxy) is 1. The maximum atomic E-state index is 11.6. The molecule has 0 fully saturated rings. The van der Waals surface area contributed by atoms with Gasteiger partial charge in [-0.05, 0) is 6.54 Å². The zero-order valence-corrected chi connectivity index (χ0v) is 8.38. The standard InChI is InChI=1S/C8H14F3NO3/c1-2-12(5-7(13)14)3-4-15-6-8(9,10)11/h2-6H2,1H3,(H,13,14). The number of likely N-dealkylation sites (N-methyl/N-ethyl adjacent to an activating group) is 1. The largest absolute Gasteiger partial charge is 0.480 e. The van der Waals surface area contributed by atoms with Gasteiger partial charge in [-0.15, -0.1) is 0 Å². The summed E-state index contributed by atoms with van der Waals surface area (Å²) in [7, 11) is 0. The number of nitrogens with zero attached hydrogens (tertiary/aromatic N) is 1. The second-order valence-electron chi connectivity index (χ2n) is 2.93. The highest BCUT2D eigenvalue weighted by Crippen LogP contribution is 2.14. The van der Waals surface area contributed by atoms with Crippen LogP contribution in [-0.2, 0) is 9.53 Å². The van der Waals surface area contributed by atoms with Gasteiger partial charge in [0.2, 0.25) is 0 Å². The van der Waals surface area contributed by atoms with Crippen molar-refractivity contribution in [1.82, 2.24) is 4.90 Å². The molecule has 15 heavy (non-hydrogen) atoms. The summed E-state index contributed by atoms with van der Waals surface area (Å²) in [5.74, 6) is -1.01. The molecule has 0 atom stereocenters. The molecule has 1 N–H and O–H groups in total. The van der Waals surface area contributed by atoms with Crippen LogP contribution in [-0.4, -0.2) is 55.0 Å². The van der Waals surface area contributed by atoms with Crippen LogP contribution in [0.3, 0.4) is 0 Å². The Kier molecular flexibility index (Phi) is 6.26. The Morgan fingerprint density at radius 3 is 2.47 bits per heavy atom. The average Bonchev–Trinajstić information content (AvgIpc) is 2.08. The predicted octanol–water partition coefficient (Wildman–Crippen LogP) is 0.972. The van der Waals surface area contributed by atoms with Crippen LogP contribution in [0.2, 0.25) is 0 Å². The number of carboxylic acid groups (broad SMARTS) is 1. The SMILES string of the molecule is CCN(CCOCC(F)(F)F)CC(=O)O. The van der Waals surface area contributed by atoms with Crippen LogP contribution in [0.1, 0.15) is 6.92 Å². The van der Waals surface area contributed by atoms with Crippen molar-refractivity contribution in [2.75, 3.05) is 32.8 Å². The molecule has 0 unspecified atom stereocenters. The first-order valence-corrected chi connectivity index (χ1v) is 4.43. The smallest absolute Gasteiger partial charge is 0.411 e. The lowest BCUT2D eigenvalue weighted by Gasteiger charge is -2.17. The second kappa shape index (κ2) is 6.62. The van der Waals surface area contributed by atoms with E-state index >= 15 is 0 Å². The maximum Gasteiger partial charge on any atom is 0.411 e. The van der Waals surface area contributed by atoms with Gasteiger partial charge in [-0.3, -0.25) is 9.69 Å². The third-order valence-corrected chi connectivity index (χ3v) is 1.62. The van der Waals surface area contributed by atoms with Gasteiger partial charge in [-0.2, -0.15) is 13.2 Å². The van der Waals surface area contributed by atoms with Crippen molar-refractivity contribution in [1.29, 1.82) is 0 Å². The topological polar surface area (TPSA) is 49.8 Å². The highest BCUT2D eigenvalue weighted by molar-refractivity contribution is 5.69. The molecule has 90 valence electrons. The summed E-state index contributed by atoms with van der Waals surface area (Å²) in [6.07, 6.45) is -4.33. The quantitative estimate of drug-likeness (QED) is 0.661. The first-order valence-electron chi connectivity index (χ1n) is 4.43. The van der Waals surface area contributed by atoms with Gasteiger partial charge in [0.05, 0.1) is 13.2 Å². The zero-order chi connectivity index (χ0) is 11.9. The van der Waals surface area contributed by atoms with Crippen LogP contribution in [0.25, 0.3) is 0 Å². The molecule has 0 amide bonds. The molecule has 4 nitrogen and oxygen atoms in total. The van der Waals surface area contributed by atoms with Gasteiger partial charge >= 0.3 is 12.1 Å². The Morgan fingerprint density at radius 2 is 2.07 bits per heavy atom. The molecule has 0 aromatic rings. The van der Waals surface area contributed by atoms with Crippen LogP contribution in [0, 0.1) is 0 Å². The van der Waals surface area contributed by atoms with Crippen molar-refractivity contribution in [3.05, 3.63) is 0 Å². The number of alkyl halides is 3. The molecule has 0 aliphatic rings. The van der Waals surface area contributed by atoms with Gasteiger partial charge in [-0.25, -0.2) is 0 Å². The fourth-order valence-electron chi connectivity index (χ4n) is 0.922. The molecule has 0 spiro atoms. The van der Waals surface area contributed by atoms with E-state index in [9.17, 15) is 18.0 Å². The van der Waals surface area contributed by atoms with Gasteiger partial charge in [0.1, 0.15) is 6.61 Å². The van der Waals surface area contributed by atoms with Gasteiger partial charge in [0.25, 0.3) is 0 Å². The van der Waals surface area contributed by atoms with E-state index in [2.05, 4.69) is 4.74 Å². The lowest BCUT2D eigenvalue weighted by molar-refractivity contribution is -0.174. The van der Waals surface area contributed by atoms with Gasteiger partial charge in [-0.1, -0.05) is 6.92 Å². The predicted molar refractivity (Wildman–Crippen MR) is 46.6 cm³/mol. The molecule has 0 heterocycles. The molecule has 0 aromatic carbocycles. The molecule has 0 rings (SSSR count). The summed E-state index contributed by atoms with van der Waals surface area (Å²) < 4.78 is 39.3. The van der Waals surface area contributed by atoms with Crippen molar-refractivity contribution < 1.29 is 27.8 Å². The molecule has 0 saturated heterocycles. The number of rotatable bonds is 7. The lowest BCUT2D eigenvalue weighted by atomic mass is 10.4. The fraction of sp³-hybridized carbons (Fsp3) is 0.875. The minimum Gasteiger partial charge on any atom is -0.480 e. The number of halogens is 3. The number of aliphatic carboxylic acids is 1. The van der Waals surface area contributed by atoms with E-state index in [-0.39, 0.29) is 19.7 Å². The van der Waals surface area contributed by atoms with E-state index in [1.54, 1.807) is 6.92 Å². The van der Waals surface area contributed by atoms with Crippen molar-refractivity contribution in [3.63, 3.8) is 0 Å². The van der Waals surface area contributed by atoms with Crippen molar-refractivity contribution in [2.45, 2.75) is 13.1 Å². The minimum absolute atomic E-state index is 0.124. The molecule has 0 aliphatic carbocycles. The molecule has 0 saturated carbocycles. The minimum atomic E-state index is -4.33. The maximum absolute atomic E-state index is 11.6. The summed E-state index contributed by atoms with van der Waals surface area (Å²) in [5, 5.41) is 8.44. The summed E-state index contributed by atoms with van der Waals surface area (Å²) in [6, 6.07) is 0. The Balaban J connectivity index is 3.59. The molecular weight excluding hydrogens is 215 g/mol. The molecule has 7 heteroatoms. The first kappa shape index (κ1) is 14.2. The van der Waals surface area contributed by atoms with Crippen LogP contribution < -0.4 is 0 Å². The van der Waals surface area contributed by atoms with Crippen LogP contribution in [0.5, 0.6) is 0 Å². The van der Waals surface area contributed by atoms with Crippen LogP contribution in [0.15, 0.2) is 0 Å². The van der Waals surface area contributed by atoms with E-state index in [1.165, 1.54) is 4.90 Å². The van der Waals surface area contributed by atoms with Crippen LogP contribution in [0.4, 0.5) is 13.2 Å². The van der Waals surface area contributed by atoms with E-state index in [4.69, 9.17) is 5.11 Å². The zero-order valence-electron chi connectivity index (χ0n) is 8.38. The first-order chi connectivity index (χ1) is 6.85. The molecule has 0 aromatic heterocycles. The van der Waals surface area contributed by atoms with E-state index in [0.717, 1.165) is 0 Å². The van der Waals surface area contributed by atoms with Crippen molar-refractivity contribution in [3.8, 4) is 0 Å². The lowest BCUT2D eigenvalue weighted by Crippen LogP contribution is -2.33. The summed E-state index contributed by atoms with van der Waals surface area (Å²) >= 11 is 0. The van der Waals surface area contributed by atoms with Crippen molar-refractivity contribution in [2.24, 2.45) is 0 Å². The average molecular weight is 229 g/mol. The van der Waals surface area contributed by atoms with Gasteiger partial charge < -0.3 is 9.84 Å². The highest BCUT2D eigenvalue weighted by atomic mass is 19.4. The second-order valence-corrected chi connectivity index (χ2v) is 2.93. The number of carbonyl (C=O) groups is 1. The Bertz CT molecular complexity index is 196. The molecular formula is C8H14F3NO3. The number of hydrogen-bond donors (Lipinski definition) is 1. The Morgan fingerprint density at radius 1 is 1.47 bits per heavy atom. The Labute approximate surface area is 85.6 Å². The molecule has 0 aliphatic heterocycles. The fourth-order valence-corrected chi connectivity index (χ4v) is 0.922.